The highest BCUT2D eigenvalue weighted by Crippen LogP contribution is 2.27. The first kappa shape index (κ1) is 9.68. The molecule has 0 unspecified atom stereocenters. The summed E-state index contributed by atoms with van der Waals surface area (Å²) in [5, 5.41) is 16.1. The molecule has 1 N–H and O–H groups in total. The fourth-order valence-electron chi connectivity index (χ4n) is 2.16. The van der Waals surface area contributed by atoms with E-state index < -0.39 is 0 Å². The maximum absolute atomic E-state index is 8.60. The number of fused-ring (bicyclic) bond motifs is 3. The van der Waals surface area contributed by atoms with Crippen molar-refractivity contribution in [2.45, 2.75) is 0 Å². The van der Waals surface area contributed by atoms with Gasteiger partial charge in [-0.25, -0.2) is 0 Å². The van der Waals surface area contributed by atoms with Gasteiger partial charge in [-0.3, -0.25) is 5.32 Å². The zero-order chi connectivity index (χ0) is 11.7. The van der Waals surface area contributed by atoms with Crippen LogP contribution in [0.3, 0.4) is 0 Å². The Kier molecular flexibility index (Phi) is 2.16. The van der Waals surface area contributed by atoms with Crippen molar-refractivity contribution < 1.29 is 0 Å². The Morgan fingerprint density at radius 2 is 1.59 bits per heavy atom. The molecule has 0 radical (unpaired) electrons. The van der Waals surface area contributed by atoms with Crippen LogP contribution in [0.25, 0.3) is 21.5 Å². The number of anilines is 1. The largest absolute Gasteiger partial charge is 0.293 e. The van der Waals surface area contributed by atoms with E-state index in [-0.39, 0.29) is 0 Å². The average Bonchev–Trinajstić information content (AvgIpc) is 2.39. The minimum atomic E-state index is 0.829. The number of hydrogen-bond acceptors (Lipinski definition) is 2. The number of nitrogens with one attached hydrogen (secondary N) is 1. The molecule has 0 saturated carbocycles. The summed E-state index contributed by atoms with van der Waals surface area (Å²) in [6.07, 6.45) is 1.94. The third kappa shape index (κ3) is 1.58. The van der Waals surface area contributed by atoms with Crippen molar-refractivity contribution in [1.82, 2.24) is 0 Å². The second-order valence-electron chi connectivity index (χ2n) is 3.96. The Morgan fingerprint density at radius 3 is 2.47 bits per heavy atom. The summed E-state index contributed by atoms with van der Waals surface area (Å²) in [6.45, 7) is 0. The van der Waals surface area contributed by atoms with Crippen molar-refractivity contribution >= 4 is 27.2 Å². The second kappa shape index (κ2) is 3.80. The molecule has 0 aromatic heterocycles. The predicted molar refractivity (Wildman–Crippen MR) is 70.7 cm³/mol. The standard InChI is InChI=1S/C15H10N2/c16-10-17-13-7-8-15-12(9-13)6-5-11-3-1-2-4-14(11)15/h1-9,17H. The van der Waals surface area contributed by atoms with Crippen LogP contribution in [0.2, 0.25) is 0 Å². The molecule has 0 saturated heterocycles. The first-order valence-corrected chi connectivity index (χ1v) is 5.45. The number of benzene rings is 3. The topological polar surface area (TPSA) is 35.8 Å². The Balaban J connectivity index is 2.34. The van der Waals surface area contributed by atoms with Gasteiger partial charge in [0.05, 0.1) is 0 Å². The third-order valence-corrected chi connectivity index (χ3v) is 2.95. The van der Waals surface area contributed by atoms with Gasteiger partial charge in [-0.2, -0.15) is 5.26 Å². The third-order valence-electron chi connectivity index (χ3n) is 2.95. The lowest BCUT2D eigenvalue weighted by Crippen LogP contribution is -1.86. The molecule has 0 spiro atoms. The van der Waals surface area contributed by atoms with Gasteiger partial charge < -0.3 is 0 Å². The summed E-state index contributed by atoms with van der Waals surface area (Å²) in [4.78, 5) is 0. The number of hydrogen-bond donors (Lipinski definition) is 1. The van der Waals surface area contributed by atoms with Crippen molar-refractivity contribution in [2.24, 2.45) is 0 Å². The normalized spacial score (nSPS) is 10.3. The smallest absolute Gasteiger partial charge is 0.181 e. The van der Waals surface area contributed by atoms with E-state index in [0.29, 0.717) is 0 Å². The number of nitrogens with zero attached hydrogens (tertiary/aromatic N) is 1. The van der Waals surface area contributed by atoms with E-state index in [1.54, 1.807) is 0 Å². The Labute approximate surface area is 99.1 Å². The van der Waals surface area contributed by atoms with Crippen LogP contribution in [-0.4, -0.2) is 0 Å². The molecule has 0 atom stereocenters. The van der Waals surface area contributed by atoms with Gasteiger partial charge in [-0.05, 0) is 33.7 Å². The van der Waals surface area contributed by atoms with Gasteiger partial charge >= 0.3 is 0 Å². The summed E-state index contributed by atoms with van der Waals surface area (Å²) >= 11 is 0. The zero-order valence-electron chi connectivity index (χ0n) is 9.14. The van der Waals surface area contributed by atoms with Gasteiger partial charge in [0.25, 0.3) is 0 Å². The molecule has 0 bridgehead atoms. The quantitative estimate of drug-likeness (QED) is 0.382. The average molecular weight is 218 g/mol. The van der Waals surface area contributed by atoms with Crippen LogP contribution in [0.1, 0.15) is 0 Å². The van der Waals surface area contributed by atoms with E-state index in [1.807, 2.05) is 30.5 Å². The molecule has 3 aromatic rings. The van der Waals surface area contributed by atoms with Crippen LogP contribution >= 0.6 is 0 Å². The maximum Gasteiger partial charge on any atom is 0.181 e. The summed E-state index contributed by atoms with van der Waals surface area (Å²) in [5.41, 5.74) is 0.829. The SMILES string of the molecule is N#CNc1ccc2c(ccc3ccccc32)c1. The van der Waals surface area contributed by atoms with Crippen LogP contribution < -0.4 is 5.32 Å². The monoisotopic (exact) mass is 218 g/mol. The molecule has 0 aliphatic carbocycles. The molecule has 2 heteroatoms. The molecule has 0 fully saturated rings. The van der Waals surface area contributed by atoms with Crippen molar-refractivity contribution in [3.8, 4) is 6.19 Å². The molecule has 2 nitrogen and oxygen atoms in total. The summed E-state index contributed by atoms with van der Waals surface area (Å²) in [6, 6.07) is 18.5. The van der Waals surface area contributed by atoms with Gasteiger partial charge in [0.1, 0.15) is 0 Å². The molecule has 80 valence electrons. The summed E-state index contributed by atoms with van der Waals surface area (Å²) < 4.78 is 0. The fraction of sp³-hybridized carbons (Fsp3) is 0. The molecule has 0 amide bonds. The van der Waals surface area contributed by atoms with Crippen LogP contribution in [0.4, 0.5) is 5.69 Å². The van der Waals surface area contributed by atoms with Gasteiger partial charge in [0, 0.05) is 5.69 Å². The molecular formula is C15H10N2. The lowest BCUT2D eigenvalue weighted by Gasteiger charge is -2.05. The molecule has 3 aromatic carbocycles. The molecule has 0 aliphatic heterocycles. The lowest BCUT2D eigenvalue weighted by atomic mass is 10.0. The van der Waals surface area contributed by atoms with E-state index in [9.17, 15) is 0 Å². The highest BCUT2D eigenvalue weighted by Gasteiger charge is 2.00. The van der Waals surface area contributed by atoms with E-state index in [2.05, 4.69) is 35.6 Å². The Hall–Kier alpha value is -2.53. The molecule has 3 rings (SSSR count). The molecule has 0 heterocycles. The first-order valence-electron chi connectivity index (χ1n) is 5.45. The Morgan fingerprint density at radius 1 is 0.824 bits per heavy atom. The van der Waals surface area contributed by atoms with Crippen LogP contribution in [0.5, 0.6) is 0 Å². The fourth-order valence-corrected chi connectivity index (χ4v) is 2.16. The van der Waals surface area contributed by atoms with Crippen LogP contribution in [0, 0.1) is 11.5 Å². The van der Waals surface area contributed by atoms with Gasteiger partial charge in [-0.15, -0.1) is 0 Å². The number of rotatable bonds is 1. The van der Waals surface area contributed by atoms with E-state index in [4.69, 9.17) is 5.26 Å². The highest BCUT2D eigenvalue weighted by molar-refractivity contribution is 6.08. The van der Waals surface area contributed by atoms with Crippen LogP contribution in [-0.2, 0) is 0 Å². The van der Waals surface area contributed by atoms with E-state index in [1.165, 1.54) is 16.2 Å². The van der Waals surface area contributed by atoms with Crippen LogP contribution in [0.15, 0.2) is 54.6 Å². The zero-order valence-corrected chi connectivity index (χ0v) is 9.14. The minimum absolute atomic E-state index is 0.829. The maximum atomic E-state index is 8.60. The lowest BCUT2D eigenvalue weighted by molar-refractivity contribution is 1.48. The van der Waals surface area contributed by atoms with Gasteiger partial charge in [0.15, 0.2) is 6.19 Å². The second-order valence-corrected chi connectivity index (χ2v) is 3.96. The summed E-state index contributed by atoms with van der Waals surface area (Å²) in [7, 11) is 0. The molecule has 0 aliphatic rings. The van der Waals surface area contributed by atoms with Crippen molar-refractivity contribution in [3.05, 3.63) is 54.6 Å². The molecular weight excluding hydrogens is 208 g/mol. The van der Waals surface area contributed by atoms with Gasteiger partial charge in [0.2, 0.25) is 0 Å². The van der Waals surface area contributed by atoms with Crippen molar-refractivity contribution in [2.75, 3.05) is 5.32 Å². The minimum Gasteiger partial charge on any atom is -0.293 e. The van der Waals surface area contributed by atoms with Crippen molar-refractivity contribution in [1.29, 1.82) is 5.26 Å². The highest BCUT2D eigenvalue weighted by atomic mass is 14.9. The van der Waals surface area contributed by atoms with Crippen molar-refractivity contribution in [3.63, 3.8) is 0 Å². The number of nitriles is 1. The summed E-state index contributed by atoms with van der Waals surface area (Å²) in [5.74, 6) is 0. The van der Waals surface area contributed by atoms with E-state index in [0.717, 1.165) is 11.1 Å². The predicted octanol–water partition coefficient (Wildman–Crippen LogP) is 3.89. The Bertz CT molecular complexity index is 739. The van der Waals surface area contributed by atoms with E-state index >= 15 is 0 Å². The molecule has 17 heavy (non-hydrogen) atoms. The van der Waals surface area contributed by atoms with Gasteiger partial charge in [-0.1, -0.05) is 42.5 Å². The first-order chi connectivity index (χ1) is 8.38.